The fourth-order valence-corrected chi connectivity index (χ4v) is 3.05. The molecule has 0 atom stereocenters. The molecule has 0 amide bonds. The Morgan fingerprint density at radius 2 is 2.05 bits per heavy atom. The van der Waals surface area contributed by atoms with Gasteiger partial charge in [0.15, 0.2) is 0 Å². The van der Waals surface area contributed by atoms with Gasteiger partial charge in [-0.05, 0) is 62.3 Å². The lowest BCUT2D eigenvalue weighted by molar-refractivity contribution is 0.138. The standard InChI is InChI=1S/C18H27NO/c1-17(2,9-10-19-15-6-7-15)14-5-8-16-13(11-14)12-18(3,4)20-16/h5,8,11,15,19H,6-7,9-10,12H2,1-4H3. The highest BCUT2D eigenvalue weighted by atomic mass is 16.5. The van der Waals surface area contributed by atoms with Crippen LogP contribution >= 0.6 is 0 Å². The van der Waals surface area contributed by atoms with Crippen molar-refractivity contribution in [2.45, 2.75) is 70.4 Å². The highest BCUT2D eigenvalue weighted by Gasteiger charge is 2.31. The van der Waals surface area contributed by atoms with Crippen LogP contribution in [0.15, 0.2) is 18.2 Å². The number of nitrogens with one attached hydrogen (secondary N) is 1. The first kappa shape index (κ1) is 13.9. The van der Waals surface area contributed by atoms with Gasteiger partial charge in [0.25, 0.3) is 0 Å². The first-order valence-electron chi connectivity index (χ1n) is 7.92. The van der Waals surface area contributed by atoms with Crippen LogP contribution in [0.3, 0.4) is 0 Å². The molecule has 2 aliphatic rings. The molecule has 1 aliphatic carbocycles. The van der Waals surface area contributed by atoms with Gasteiger partial charge in [0, 0.05) is 12.5 Å². The van der Waals surface area contributed by atoms with Crippen molar-refractivity contribution in [2.24, 2.45) is 0 Å². The van der Waals surface area contributed by atoms with E-state index < -0.39 is 0 Å². The van der Waals surface area contributed by atoms with Gasteiger partial charge in [0.2, 0.25) is 0 Å². The van der Waals surface area contributed by atoms with Crippen LogP contribution in [-0.2, 0) is 11.8 Å². The SMILES string of the molecule is CC1(C)Cc2cc(C(C)(C)CCNC3CC3)ccc2O1. The third-order valence-corrected chi connectivity index (χ3v) is 4.60. The van der Waals surface area contributed by atoms with E-state index in [-0.39, 0.29) is 11.0 Å². The Balaban J connectivity index is 1.69. The minimum absolute atomic E-state index is 0.0430. The number of ether oxygens (including phenoxy) is 1. The molecule has 3 rings (SSSR count). The first-order chi connectivity index (χ1) is 9.36. The molecule has 2 nitrogen and oxygen atoms in total. The molecule has 1 aromatic rings. The first-order valence-corrected chi connectivity index (χ1v) is 7.92. The van der Waals surface area contributed by atoms with Crippen molar-refractivity contribution in [3.63, 3.8) is 0 Å². The summed E-state index contributed by atoms with van der Waals surface area (Å²) < 4.78 is 5.97. The van der Waals surface area contributed by atoms with Gasteiger partial charge in [-0.3, -0.25) is 0 Å². The fraction of sp³-hybridized carbons (Fsp3) is 0.667. The van der Waals surface area contributed by atoms with Crippen molar-refractivity contribution >= 4 is 0 Å². The number of benzene rings is 1. The molecule has 20 heavy (non-hydrogen) atoms. The highest BCUT2D eigenvalue weighted by Crippen LogP contribution is 2.38. The largest absolute Gasteiger partial charge is 0.487 e. The van der Waals surface area contributed by atoms with Crippen LogP contribution in [0.5, 0.6) is 5.75 Å². The quantitative estimate of drug-likeness (QED) is 0.880. The normalized spacial score (nSPS) is 20.6. The van der Waals surface area contributed by atoms with Crippen molar-refractivity contribution in [3.8, 4) is 5.75 Å². The van der Waals surface area contributed by atoms with Gasteiger partial charge in [0.1, 0.15) is 11.4 Å². The zero-order chi connectivity index (χ0) is 14.4. The summed E-state index contributed by atoms with van der Waals surface area (Å²) in [4.78, 5) is 0. The fourth-order valence-electron chi connectivity index (χ4n) is 3.05. The van der Waals surface area contributed by atoms with E-state index in [1.165, 1.54) is 30.4 Å². The molecular weight excluding hydrogens is 246 g/mol. The van der Waals surface area contributed by atoms with Gasteiger partial charge < -0.3 is 10.1 Å². The van der Waals surface area contributed by atoms with Crippen molar-refractivity contribution in [1.82, 2.24) is 5.32 Å². The summed E-state index contributed by atoms with van der Waals surface area (Å²) in [5, 5.41) is 3.62. The van der Waals surface area contributed by atoms with E-state index >= 15 is 0 Å². The second-order valence-corrected chi connectivity index (χ2v) is 7.72. The lowest BCUT2D eigenvalue weighted by Crippen LogP contribution is -2.26. The van der Waals surface area contributed by atoms with E-state index in [9.17, 15) is 0 Å². The van der Waals surface area contributed by atoms with E-state index in [0.29, 0.717) is 0 Å². The maximum Gasteiger partial charge on any atom is 0.123 e. The lowest BCUT2D eigenvalue weighted by atomic mass is 9.80. The zero-order valence-corrected chi connectivity index (χ0v) is 13.3. The molecule has 0 unspecified atom stereocenters. The second kappa shape index (κ2) is 4.77. The molecule has 1 N–H and O–H groups in total. The predicted molar refractivity (Wildman–Crippen MR) is 83.5 cm³/mol. The van der Waals surface area contributed by atoms with Crippen LogP contribution in [0.4, 0.5) is 0 Å². The smallest absolute Gasteiger partial charge is 0.123 e. The van der Waals surface area contributed by atoms with Crippen LogP contribution in [-0.4, -0.2) is 18.2 Å². The Hall–Kier alpha value is -1.02. The van der Waals surface area contributed by atoms with Crippen LogP contribution < -0.4 is 10.1 Å². The molecule has 1 heterocycles. The van der Waals surface area contributed by atoms with Crippen molar-refractivity contribution in [3.05, 3.63) is 29.3 Å². The molecule has 0 aromatic heterocycles. The van der Waals surface area contributed by atoms with Crippen LogP contribution in [0.25, 0.3) is 0 Å². The molecule has 1 aromatic carbocycles. The van der Waals surface area contributed by atoms with Gasteiger partial charge in [-0.1, -0.05) is 26.0 Å². The van der Waals surface area contributed by atoms with Gasteiger partial charge in [-0.2, -0.15) is 0 Å². The van der Waals surface area contributed by atoms with Crippen LogP contribution in [0.2, 0.25) is 0 Å². The monoisotopic (exact) mass is 273 g/mol. The number of hydrogen-bond acceptors (Lipinski definition) is 2. The molecule has 110 valence electrons. The summed E-state index contributed by atoms with van der Waals surface area (Å²) in [6.45, 7) is 10.2. The minimum Gasteiger partial charge on any atom is -0.487 e. The Morgan fingerprint density at radius 1 is 1.30 bits per heavy atom. The Kier molecular flexibility index (Phi) is 3.32. The molecule has 1 fully saturated rings. The Bertz CT molecular complexity index is 500. The summed E-state index contributed by atoms with van der Waals surface area (Å²) >= 11 is 0. The summed E-state index contributed by atoms with van der Waals surface area (Å²) in [7, 11) is 0. The highest BCUT2D eigenvalue weighted by molar-refractivity contribution is 5.43. The van der Waals surface area contributed by atoms with Crippen LogP contribution in [0.1, 0.15) is 58.1 Å². The van der Waals surface area contributed by atoms with Crippen LogP contribution in [0, 0.1) is 0 Å². The maximum atomic E-state index is 5.97. The zero-order valence-electron chi connectivity index (χ0n) is 13.3. The third kappa shape index (κ3) is 3.01. The van der Waals surface area contributed by atoms with Crippen molar-refractivity contribution < 1.29 is 4.74 Å². The number of hydrogen-bond donors (Lipinski definition) is 1. The van der Waals surface area contributed by atoms with E-state index in [1.54, 1.807) is 0 Å². The molecule has 0 radical (unpaired) electrons. The molecule has 0 spiro atoms. The number of rotatable bonds is 5. The maximum absolute atomic E-state index is 5.97. The Labute approximate surface area is 122 Å². The summed E-state index contributed by atoms with van der Waals surface area (Å²) in [5.74, 6) is 1.07. The van der Waals surface area contributed by atoms with Gasteiger partial charge in [-0.25, -0.2) is 0 Å². The van der Waals surface area contributed by atoms with Crippen molar-refractivity contribution in [1.29, 1.82) is 0 Å². The predicted octanol–water partition coefficient (Wildman–Crippen LogP) is 3.82. The van der Waals surface area contributed by atoms with E-state index in [0.717, 1.165) is 24.8 Å². The molecule has 2 heteroatoms. The Morgan fingerprint density at radius 3 is 2.75 bits per heavy atom. The molecule has 0 saturated heterocycles. The molecular formula is C18H27NO. The average molecular weight is 273 g/mol. The lowest BCUT2D eigenvalue weighted by Gasteiger charge is -2.26. The van der Waals surface area contributed by atoms with Gasteiger partial charge >= 0.3 is 0 Å². The molecule has 1 saturated carbocycles. The van der Waals surface area contributed by atoms with E-state index in [2.05, 4.69) is 51.2 Å². The van der Waals surface area contributed by atoms with E-state index in [1.807, 2.05) is 0 Å². The summed E-state index contributed by atoms with van der Waals surface area (Å²) in [5.41, 5.74) is 2.99. The average Bonchev–Trinajstić information content (AvgIpc) is 3.09. The van der Waals surface area contributed by atoms with Crippen molar-refractivity contribution in [2.75, 3.05) is 6.54 Å². The van der Waals surface area contributed by atoms with Gasteiger partial charge in [0.05, 0.1) is 0 Å². The second-order valence-electron chi connectivity index (χ2n) is 7.72. The molecule has 0 bridgehead atoms. The minimum atomic E-state index is -0.0430. The topological polar surface area (TPSA) is 21.3 Å². The third-order valence-electron chi connectivity index (χ3n) is 4.60. The van der Waals surface area contributed by atoms with Gasteiger partial charge in [-0.15, -0.1) is 0 Å². The number of fused-ring (bicyclic) bond motifs is 1. The molecule has 1 aliphatic heterocycles. The summed E-state index contributed by atoms with van der Waals surface area (Å²) in [6.07, 6.45) is 4.94. The van der Waals surface area contributed by atoms with E-state index in [4.69, 9.17) is 4.74 Å². The summed E-state index contributed by atoms with van der Waals surface area (Å²) in [6, 6.07) is 7.58.